The molecule has 0 aromatic carbocycles. The van der Waals surface area contributed by atoms with Gasteiger partial charge in [0.15, 0.2) is 0 Å². The van der Waals surface area contributed by atoms with Crippen LogP contribution in [0.2, 0.25) is 0 Å². The lowest BCUT2D eigenvalue weighted by molar-refractivity contribution is 0.460. The van der Waals surface area contributed by atoms with Crippen molar-refractivity contribution in [3.63, 3.8) is 0 Å². The summed E-state index contributed by atoms with van der Waals surface area (Å²) < 4.78 is 0. The zero-order valence-corrected chi connectivity index (χ0v) is 8.81. The largest absolute Gasteiger partial charge is 0.305 e. The van der Waals surface area contributed by atoms with E-state index in [2.05, 4.69) is 17.2 Å². The second kappa shape index (κ2) is 4.20. The van der Waals surface area contributed by atoms with Gasteiger partial charge in [0.05, 0.1) is 6.04 Å². The SMILES string of the molecule is C[C@@H](NC1CCCC1)c1nccs1. The van der Waals surface area contributed by atoms with Crippen LogP contribution in [0.15, 0.2) is 11.6 Å². The Morgan fingerprint density at radius 1 is 1.54 bits per heavy atom. The van der Waals surface area contributed by atoms with E-state index in [9.17, 15) is 0 Å². The summed E-state index contributed by atoms with van der Waals surface area (Å²) in [5.74, 6) is 0. The predicted octanol–water partition coefficient (Wildman–Crippen LogP) is 2.74. The van der Waals surface area contributed by atoms with Gasteiger partial charge < -0.3 is 5.32 Å². The van der Waals surface area contributed by atoms with Gasteiger partial charge in [0.1, 0.15) is 5.01 Å². The normalized spacial score (nSPS) is 20.7. The molecule has 72 valence electrons. The predicted molar refractivity (Wildman–Crippen MR) is 55.9 cm³/mol. The van der Waals surface area contributed by atoms with Crippen molar-refractivity contribution in [1.29, 1.82) is 0 Å². The van der Waals surface area contributed by atoms with Gasteiger partial charge in [0.2, 0.25) is 0 Å². The Balaban J connectivity index is 1.87. The molecular formula is C10H16N2S. The van der Waals surface area contributed by atoms with Gasteiger partial charge in [0.25, 0.3) is 0 Å². The first kappa shape index (κ1) is 9.16. The van der Waals surface area contributed by atoms with Crippen molar-refractivity contribution in [2.45, 2.75) is 44.7 Å². The Hall–Kier alpha value is -0.410. The third-order valence-corrected chi connectivity index (χ3v) is 3.62. The third-order valence-electron chi connectivity index (χ3n) is 2.66. The van der Waals surface area contributed by atoms with Gasteiger partial charge >= 0.3 is 0 Å². The highest BCUT2D eigenvalue weighted by molar-refractivity contribution is 7.09. The molecular weight excluding hydrogens is 180 g/mol. The minimum Gasteiger partial charge on any atom is -0.305 e. The van der Waals surface area contributed by atoms with Crippen LogP contribution in [-0.4, -0.2) is 11.0 Å². The fourth-order valence-electron chi connectivity index (χ4n) is 1.97. The summed E-state index contributed by atoms with van der Waals surface area (Å²) in [6.07, 6.45) is 7.35. The van der Waals surface area contributed by atoms with Gasteiger partial charge in [-0.15, -0.1) is 11.3 Å². The molecule has 13 heavy (non-hydrogen) atoms. The zero-order chi connectivity index (χ0) is 9.10. The highest BCUT2D eigenvalue weighted by Gasteiger charge is 2.18. The number of nitrogens with zero attached hydrogens (tertiary/aromatic N) is 1. The lowest BCUT2D eigenvalue weighted by Crippen LogP contribution is -2.28. The smallest absolute Gasteiger partial charge is 0.109 e. The monoisotopic (exact) mass is 196 g/mol. The van der Waals surface area contributed by atoms with E-state index in [1.54, 1.807) is 11.3 Å². The molecule has 1 saturated carbocycles. The van der Waals surface area contributed by atoms with E-state index in [0.29, 0.717) is 6.04 Å². The molecule has 0 amide bonds. The lowest BCUT2D eigenvalue weighted by Gasteiger charge is -2.16. The molecule has 1 N–H and O–H groups in total. The molecule has 2 nitrogen and oxygen atoms in total. The first-order valence-electron chi connectivity index (χ1n) is 5.01. The second-order valence-corrected chi connectivity index (χ2v) is 4.67. The lowest BCUT2D eigenvalue weighted by atomic mass is 10.2. The number of nitrogens with one attached hydrogen (secondary N) is 1. The van der Waals surface area contributed by atoms with E-state index in [4.69, 9.17) is 0 Å². The van der Waals surface area contributed by atoms with Crippen LogP contribution in [0.5, 0.6) is 0 Å². The van der Waals surface area contributed by atoms with E-state index in [-0.39, 0.29) is 0 Å². The van der Waals surface area contributed by atoms with E-state index in [1.807, 2.05) is 11.6 Å². The fourth-order valence-corrected chi connectivity index (χ4v) is 2.62. The Bertz CT molecular complexity index is 239. The van der Waals surface area contributed by atoms with Crippen molar-refractivity contribution in [2.24, 2.45) is 0 Å². The van der Waals surface area contributed by atoms with E-state index >= 15 is 0 Å². The summed E-state index contributed by atoms with van der Waals surface area (Å²) in [7, 11) is 0. The van der Waals surface area contributed by atoms with Crippen molar-refractivity contribution >= 4 is 11.3 Å². The van der Waals surface area contributed by atoms with Crippen molar-refractivity contribution in [3.05, 3.63) is 16.6 Å². The van der Waals surface area contributed by atoms with Crippen molar-refractivity contribution in [1.82, 2.24) is 10.3 Å². The van der Waals surface area contributed by atoms with Crippen LogP contribution < -0.4 is 5.32 Å². The molecule has 0 bridgehead atoms. The molecule has 0 spiro atoms. The summed E-state index contributed by atoms with van der Waals surface area (Å²) in [6, 6.07) is 1.17. The maximum absolute atomic E-state index is 4.31. The Morgan fingerprint density at radius 2 is 2.31 bits per heavy atom. The first-order chi connectivity index (χ1) is 6.36. The van der Waals surface area contributed by atoms with Crippen molar-refractivity contribution in [3.8, 4) is 0 Å². The van der Waals surface area contributed by atoms with E-state index < -0.39 is 0 Å². The maximum atomic E-state index is 4.31. The van der Waals surface area contributed by atoms with E-state index in [1.165, 1.54) is 30.7 Å². The Kier molecular flexibility index (Phi) is 2.96. The number of rotatable bonds is 3. The van der Waals surface area contributed by atoms with Crippen LogP contribution in [0.1, 0.15) is 43.7 Å². The topological polar surface area (TPSA) is 24.9 Å². The van der Waals surface area contributed by atoms with Crippen LogP contribution in [-0.2, 0) is 0 Å². The summed E-state index contributed by atoms with van der Waals surface area (Å²) in [5.41, 5.74) is 0. The Labute approximate surface area is 83.4 Å². The average molecular weight is 196 g/mol. The van der Waals surface area contributed by atoms with Crippen LogP contribution >= 0.6 is 11.3 Å². The molecule has 0 unspecified atom stereocenters. The van der Waals surface area contributed by atoms with Crippen molar-refractivity contribution < 1.29 is 0 Å². The molecule has 0 saturated heterocycles. The molecule has 1 aromatic rings. The third kappa shape index (κ3) is 2.29. The van der Waals surface area contributed by atoms with Gasteiger partial charge in [-0.2, -0.15) is 0 Å². The minimum absolute atomic E-state index is 0.433. The molecule has 0 aliphatic heterocycles. The van der Waals surface area contributed by atoms with Gasteiger partial charge in [-0.1, -0.05) is 12.8 Å². The van der Waals surface area contributed by atoms with Gasteiger partial charge in [-0.05, 0) is 19.8 Å². The molecule has 1 atom stereocenters. The van der Waals surface area contributed by atoms with Crippen LogP contribution in [0.3, 0.4) is 0 Å². The highest BCUT2D eigenvalue weighted by atomic mass is 32.1. The summed E-state index contributed by atoms with van der Waals surface area (Å²) in [4.78, 5) is 4.31. The van der Waals surface area contributed by atoms with Gasteiger partial charge in [-0.25, -0.2) is 4.98 Å². The van der Waals surface area contributed by atoms with Gasteiger partial charge in [0, 0.05) is 17.6 Å². The molecule has 1 heterocycles. The van der Waals surface area contributed by atoms with Crippen LogP contribution in [0, 0.1) is 0 Å². The van der Waals surface area contributed by atoms with E-state index in [0.717, 1.165) is 6.04 Å². The molecule has 0 radical (unpaired) electrons. The maximum Gasteiger partial charge on any atom is 0.109 e. The van der Waals surface area contributed by atoms with Crippen LogP contribution in [0.4, 0.5) is 0 Å². The number of hydrogen-bond acceptors (Lipinski definition) is 3. The summed E-state index contributed by atoms with van der Waals surface area (Å²) >= 11 is 1.74. The summed E-state index contributed by atoms with van der Waals surface area (Å²) in [5, 5.41) is 6.89. The fraction of sp³-hybridized carbons (Fsp3) is 0.700. The Morgan fingerprint density at radius 3 is 2.92 bits per heavy atom. The molecule has 2 rings (SSSR count). The first-order valence-corrected chi connectivity index (χ1v) is 5.89. The second-order valence-electron chi connectivity index (χ2n) is 3.74. The molecule has 1 aromatic heterocycles. The molecule has 1 fully saturated rings. The van der Waals surface area contributed by atoms with Crippen molar-refractivity contribution in [2.75, 3.05) is 0 Å². The van der Waals surface area contributed by atoms with Gasteiger partial charge in [-0.3, -0.25) is 0 Å². The zero-order valence-electron chi connectivity index (χ0n) is 7.99. The summed E-state index contributed by atoms with van der Waals surface area (Å²) in [6.45, 7) is 2.21. The number of hydrogen-bond donors (Lipinski definition) is 1. The number of aromatic nitrogens is 1. The minimum atomic E-state index is 0.433. The average Bonchev–Trinajstić information content (AvgIpc) is 2.74. The molecule has 1 aliphatic carbocycles. The molecule has 1 aliphatic rings. The highest BCUT2D eigenvalue weighted by Crippen LogP contribution is 2.22. The quantitative estimate of drug-likeness (QED) is 0.804. The van der Waals surface area contributed by atoms with Crippen LogP contribution in [0.25, 0.3) is 0 Å². The standard InChI is InChI=1S/C10H16N2S/c1-8(10-11-6-7-13-10)12-9-4-2-3-5-9/h6-9,12H,2-5H2,1H3/t8-/m1/s1. The molecule has 3 heteroatoms. The number of thiazole rings is 1.